The zero-order valence-electron chi connectivity index (χ0n) is 28.2. The minimum atomic E-state index is 0.831. The number of hydrogen-bond acceptors (Lipinski definition) is 4. The van der Waals surface area contributed by atoms with Crippen LogP contribution in [0.5, 0.6) is 0 Å². The molecule has 2 aromatic heterocycles. The molecule has 0 fully saturated rings. The number of benzene rings is 8. The normalized spacial score (nSPS) is 11.5. The van der Waals surface area contributed by atoms with Gasteiger partial charge in [-0.2, -0.15) is 0 Å². The Balaban J connectivity index is 1.08. The van der Waals surface area contributed by atoms with Gasteiger partial charge in [0, 0.05) is 44.3 Å². The maximum atomic E-state index is 6.59. The molecule has 0 atom stereocenters. The SMILES string of the molecule is c1ccc(N(c2ccccc2)c2ccc(-c3ccc(N(c4cccc5c4oc4ccccc45)c4cccc5c4oc4ccccc45)cc3)cc2)cc1. The second-order valence-corrected chi connectivity index (χ2v) is 12.9. The van der Waals surface area contributed by atoms with Crippen LogP contribution in [0.4, 0.5) is 34.1 Å². The van der Waals surface area contributed by atoms with E-state index in [9.17, 15) is 0 Å². The Morgan fingerprint density at radius 1 is 0.269 bits per heavy atom. The molecule has 10 aromatic rings. The summed E-state index contributed by atoms with van der Waals surface area (Å²) in [5.41, 5.74) is 11.9. The average Bonchev–Trinajstić information content (AvgIpc) is 3.79. The topological polar surface area (TPSA) is 32.8 Å². The van der Waals surface area contributed by atoms with Crippen LogP contribution in [0.2, 0.25) is 0 Å². The summed E-state index contributed by atoms with van der Waals surface area (Å²) in [7, 11) is 0. The molecule has 0 bridgehead atoms. The number of nitrogens with zero attached hydrogens (tertiary/aromatic N) is 2. The highest BCUT2D eigenvalue weighted by Gasteiger charge is 2.23. The van der Waals surface area contributed by atoms with Crippen molar-refractivity contribution in [3.8, 4) is 11.1 Å². The third-order valence-corrected chi connectivity index (χ3v) is 9.86. The largest absolute Gasteiger partial charge is 0.454 e. The standard InChI is InChI=1S/C48H32N2O2/c1-3-13-35(14-4-1)49(36-15-5-2-6-16-36)37-29-25-33(26-30-37)34-27-31-38(32-28-34)50(43-21-11-19-41-39-17-7-9-23-45(39)51-47(41)43)44-22-12-20-42-40-18-8-10-24-46(40)52-48(42)44/h1-32H. The first-order valence-corrected chi connectivity index (χ1v) is 17.5. The summed E-state index contributed by atoms with van der Waals surface area (Å²) in [5, 5.41) is 4.34. The summed E-state index contributed by atoms with van der Waals surface area (Å²) in [4.78, 5) is 4.54. The lowest BCUT2D eigenvalue weighted by Gasteiger charge is -2.26. The van der Waals surface area contributed by atoms with Crippen molar-refractivity contribution >= 4 is 78.0 Å². The Bertz CT molecular complexity index is 2680. The van der Waals surface area contributed by atoms with E-state index in [-0.39, 0.29) is 0 Å². The van der Waals surface area contributed by atoms with Crippen LogP contribution in [-0.2, 0) is 0 Å². The zero-order chi connectivity index (χ0) is 34.4. The highest BCUT2D eigenvalue weighted by Crippen LogP contribution is 2.46. The molecule has 0 aliphatic rings. The van der Waals surface area contributed by atoms with Crippen molar-refractivity contribution in [3.05, 3.63) is 194 Å². The third kappa shape index (κ3) is 5.00. The van der Waals surface area contributed by atoms with Crippen LogP contribution in [0.1, 0.15) is 0 Å². The summed E-state index contributed by atoms with van der Waals surface area (Å²) in [6.07, 6.45) is 0. The van der Waals surface area contributed by atoms with Crippen LogP contribution in [0, 0.1) is 0 Å². The molecule has 0 saturated carbocycles. The quantitative estimate of drug-likeness (QED) is 0.169. The van der Waals surface area contributed by atoms with Gasteiger partial charge in [-0.3, -0.25) is 0 Å². The maximum absolute atomic E-state index is 6.59. The summed E-state index contributed by atoms with van der Waals surface area (Å²) in [6.45, 7) is 0. The number of hydrogen-bond donors (Lipinski definition) is 0. The van der Waals surface area contributed by atoms with Gasteiger partial charge < -0.3 is 18.6 Å². The molecule has 0 saturated heterocycles. The number of anilines is 6. The minimum absolute atomic E-state index is 0.831. The molecule has 0 aliphatic heterocycles. The monoisotopic (exact) mass is 668 g/mol. The maximum Gasteiger partial charge on any atom is 0.159 e. The third-order valence-electron chi connectivity index (χ3n) is 9.86. The second-order valence-electron chi connectivity index (χ2n) is 12.9. The molecule has 0 radical (unpaired) electrons. The van der Waals surface area contributed by atoms with E-state index in [2.05, 4.69) is 180 Å². The van der Waals surface area contributed by atoms with Gasteiger partial charge in [-0.1, -0.05) is 121 Å². The fourth-order valence-corrected chi connectivity index (χ4v) is 7.43. The molecule has 4 nitrogen and oxygen atoms in total. The van der Waals surface area contributed by atoms with Gasteiger partial charge in [-0.05, 0) is 83.9 Å². The van der Waals surface area contributed by atoms with E-state index < -0.39 is 0 Å². The summed E-state index contributed by atoms with van der Waals surface area (Å²) in [6, 6.07) is 67.7. The van der Waals surface area contributed by atoms with Crippen molar-refractivity contribution in [3.63, 3.8) is 0 Å². The van der Waals surface area contributed by atoms with Crippen LogP contribution in [0.3, 0.4) is 0 Å². The van der Waals surface area contributed by atoms with Crippen molar-refractivity contribution in [1.29, 1.82) is 0 Å². The van der Waals surface area contributed by atoms with E-state index >= 15 is 0 Å². The lowest BCUT2D eigenvalue weighted by atomic mass is 10.0. The van der Waals surface area contributed by atoms with Gasteiger partial charge in [-0.25, -0.2) is 0 Å². The Morgan fingerprint density at radius 2 is 0.635 bits per heavy atom. The van der Waals surface area contributed by atoms with Crippen molar-refractivity contribution in [2.75, 3.05) is 9.80 Å². The molecule has 246 valence electrons. The molecule has 0 amide bonds. The lowest BCUT2D eigenvalue weighted by Crippen LogP contribution is -2.10. The Kier molecular flexibility index (Phi) is 7.10. The van der Waals surface area contributed by atoms with E-state index in [0.29, 0.717) is 0 Å². The molecule has 52 heavy (non-hydrogen) atoms. The Labute approximate surface area is 301 Å². The fraction of sp³-hybridized carbons (Fsp3) is 0. The van der Waals surface area contributed by atoms with Gasteiger partial charge in [0.05, 0.1) is 11.4 Å². The molecule has 0 aliphatic carbocycles. The first-order chi connectivity index (χ1) is 25.8. The highest BCUT2D eigenvalue weighted by molar-refractivity contribution is 6.13. The molecule has 0 spiro atoms. The van der Waals surface area contributed by atoms with E-state index in [0.717, 1.165) is 89.1 Å². The van der Waals surface area contributed by atoms with Crippen LogP contribution in [-0.4, -0.2) is 0 Å². The van der Waals surface area contributed by atoms with E-state index in [1.165, 1.54) is 0 Å². The first-order valence-electron chi connectivity index (χ1n) is 17.5. The van der Waals surface area contributed by atoms with Crippen LogP contribution in [0.25, 0.3) is 55.0 Å². The van der Waals surface area contributed by atoms with Crippen molar-refractivity contribution in [2.24, 2.45) is 0 Å². The van der Waals surface area contributed by atoms with Crippen LogP contribution in [0.15, 0.2) is 203 Å². The molecule has 0 unspecified atom stereocenters. The number of furan rings is 2. The van der Waals surface area contributed by atoms with Crippen molar-refractivity contribution in [1.82, 2.24) is 0 Å². The fourth-order valence-electron chi connectivity index (χ4n) is 7.43. The van der Waals surface area contributed by atoms with Gasteiger partial charge in [0.2, 0.25) is 0 Å². The van der Waals surface area contributed by atoms with Gasteiger partial charge >= 0.3 is 0 Å². The molecular weight excluding hydrogens is 637 g/mol. The van der Waals surface area contributed by atoms with Crippen LogP contribution >= 0.6 is 0 Å². The van der Waals surface area contributed by atoms with Gasteiger partial charge in [0.25, 0.3) is 0 Å². The predicted molar refractivity (Wildman–Crippen MR) is 216 cm³/mol. The zero-order valence-corrected chi connectivity index (χ0v) is 28.2. The molecule has 2 heterocycles. The van der Waals surface area contributed by atoms with Crippen LogP contribution < -0.4 is 9.80 Å². The Morgan fingerprint density at radius 3 is 1.10 bits per heavy atom. The molecule has 8 aromatic carbocycles. The molecule has 4 heteroatoms. The van der Waals surface area contributed by atoms with E-state index in [1.54, 1.807) is 0 Å². The molecular formula is C48H32N2O2. The number of rotatable bonds is 7. The average molecular weight is 669 g/mol. The summed E-state index contributed by atoms with van der Waals surface area (Å²) >= 11 is 0. The number of fused-ring (bicyclic) bond motifs is 6. The second kappa shape index (κ2) is 12.4. The minimum Gasteiger partial charge on any atom is -0.454 e. The lowest BCUT2D eigenvalue weighted by molar-refractivity contribution is 0.666. The Hall–Kier alpha value is -7.04. The first kappa shape index (κ1) is 29.8. The summed E-state index contributed by atoms with van der Waals surface area (Å²) in [5.74, 6) is 0. The molecule has 10 rings (SSSR count). The van der Waals surface area contributed by atoms with E-state index in [1.807, 2.05) is 24.3 Å². The predicted octanol–water partition coefficient (Wildman–Crippen LogP) is 14.1. The summed E-state index contributed by atoms with van der Waals surface area (Å²) < 4.78 is 13.2. The van der Waals surface area contributed by atoms with Gasteiger partial charge in [0.1, 0.15) is 11.2 Å². The highest BCUT2D eigenvalue weighted by atomic mass is 16.3. The number of para-hydroxylation sites is 6. The van der Waals surface area contributed by atoms with Crippen molar-refractivity contribution < 1.29 is 8.83 Å². The van der Waals surface area contributed by atoms with Gasteiger partial charge in [0.15, 0.2) is 11.2 Å². The molecule has 0 N–H and O–H groups in total. The smallest absolute Gasteiger partial charge is 0.159 e. The van der Waals surface area contributed by atoms with E-state index in [4.69, 9.17) is 8.83 Å². The van der Waals surface area contributed by atoms with Crippen molar-refractivity contribution in [2.45, 2.75) is 0 Å². The van der Waals surface area contributed by atoms with Gasteiger partial charge in [-0.15, -0.1) is 0 Å².